The fourth-order valence-corrected chi connectivity index (χ4v) is 1.98. The quantitative estimate of drug-likeness (QED) is 0.752. The minimum atomic E-state index is 0.482. The molecule has 0 aliphatic rings. The van der Waals surface area contributed by atoms with E-state index in [-0.39, 0.29) is 0 Å². The average Bonchev–Trinajstić information content (AvgIpc) is 2.46. The molecule has 0 spiro atoms. The summed E-state index contributed by atoms with van der Waals surface area (Å²) in [6, 6.07) is 0.969. The van der Waals surface area contributed by atoms with Gasteiger partial charge < -0.3 is 10.2 Å². The van der Waals surface area contributed by atoms with Crippen LogP contribution in [0.2, 0.25) is 0 Å². The second-order valence-electron chi connectivity index (χ2n) is 5.73. The summed E-state index contributed by atoms with van der Waals surface area (Å²) in [6.45, 7) is 12.8. The van der Waals surface area contributed by atoms with E-state index in [1.165, 1.54) is 12.8 Å². The van der Waals surface area contributed by atoms with E-state index in [0.29, 0.717) is 12.1 Å². The van der Waals surface area contributed by atoms with Gasteiger partial charge in [0, 0.05) is 43.1 Å². The van der Waals surface area contributed by atoms with Gasteiger partial charge in [-0.05, 0) is 19.8 Å². The number of rotatable bonds is 9. The largest absolute Gasteiger partial charge is 0.338 e. The third kappa shape index (κ3) is 5.45. The maximum atomic E-state index is 4.55. The SMILES string of the molecule is CCCCN(c1ncc(CNC(C)C)cn1)C(C)CC. The molecule has 0 aliphatic heterocycles. The molecule has 0 saturated heterocycles. The molecule has 1 aromatic rings. The van der Waals surface area contributed by atoms with Crippen LogP contribution in [0.5, 0.6) is 0 Å². The lowest BCUT2D eigenvalue weighted by molar-refractivity contribution is 0.575. The van der Waals surface area contributed by atoms with E-state index in [4.69, 9.17) is 0 Å². The summed E-state index contributed by atoms with van der Waals surface area (Å²) in [5.74, 6) is 0.862. The van der Waals surface area contributed by atoms with Crippen LogP contribution in [0.3, 0.4) is 0 Å². The van der Waals surface area contributed by atoms with E-state index < -0.39 is 0 Å². The van der Waals surface area contributed by atoms with Crippen molar-refractivity contribution in [3.05, 3.63) is 18.0 Å². The van der Waals surface area contributed by atoms with Gasteiger partial charge in [-0.2, -0.15) is 0 Å². The standard InChI is InChI=1S/C16H30N4/c1-6-8-9-20(14(5)7-2)16-18-11-15(12-19-16)10-17-13(3)4/h11-14,17H,6-10H2,1-5H3. The molecule has 0 aromatic carbocycles. The molecule has 0 saturated carbocycles. The zero-order valence-corrected chi connectivity index (χ0v) is 13.7. The molecular weight excluding hydrogens is 248 g/mol. The number of anilines is 1. The van der Waals surface area contributed by atoms with Crippen molar-refractivity contribution in [1.82, 2.24) is 15.3 Å². The minimum Gasteiger partial charge on any atom is -0.338 e. The van der Waals surface area contributed by atoms with Crippen LogP contribution in [-0.2, 0) is 6.54 Å². The highest BCUT2D eigenvalue weighted by Crippen LogP contribution is 2.14. The van der Waals surface area contributed by atoms with Crippen molar-refractivity contribution in [3.8, 4) is 0 Å². The Kier molecular flexibility index (Phi) is 7.52. The molecule has 0 amide bonds. The number of nitrogens with zero attached hydrogens (tertiary/aromatic N) is 3. The predicted octanol–water partition coefficient (Wildman–Crippen LogP) is 3.38. The molecule has 0 radical (unpaired) electrons. The molecule has 1 heterocycles. The molecule has 1 unspecified atom stereocenters. The average molecular weight is 278 g/mol. The van der Waals surface area contributed by atoms with Crippen molar-refractivity contribution in [2.45, 2.75) is 72.5 Å². The summed E-state index contributed by atoms with van der Waals surface area (Å²) in [6.07, 6.45) is 7.38. The van der Waals surface area contributed by atoms with Crippen molar-refractivity contribution in [3.63, 3.8) is 0 Å². The first-order valence-electron chi connectivity index (χ1n) is 7.89. The molecular formula is C16H30N4. The molecule has 4 heteroatoms. The summed E-state index contributed by atoms with van der Waals surface area (Å²) in [5.41, 5.74) is 1.14. The smallest absolute Gasteiger partial charge is 0.225 e. The number of hydrogen-bond donors (Lipinski definition) is 1. The van der Waals surface area contributed by atoms with Gasteiger partial charge in [0.2, 0.25) is 5.95 Å². The summed E-state index contributed by atoms with van der Waals surface area (Å²) in [5, 5.41) is 3.39. The van der Waals surface area contributed by atoms with Crippen LogP contribution < -0.4 is 10.2 Å². The Morgan fingerprint density at radius 1 is 1.15 bits per heavy atom. The van der Waals surface area contributed by atoms with Crippen LogP contribution in [-0.4, -0.2) is 28.6 Å². The van der Waals surface area contributed by atoms with Gasteiger partial charge in [-0.25, -0.2) is 9.97 Å². The van der Waals surface area contributed by atoms with Gasteiger partial charge in [0.1, 0.15) is 0 Å². The van der Waals surface area contributed by atoms with Crippen LogP contribution in [0.4, 0.5) is 5.95 Å². The molecule has 1 atom stereocenters. The number of aromatic nitrogens is 2. The first kappa shape index (κ1) is 16.9. The molecule has 0 fully saturated rings. The third-order valence-corrected chi connectivity index (χ3v) is 3.54. The van der Waals surface area contributed by atoms with Crippen molar-refractivity contribution in [2.24, 2.45) is 0 Å². The molecule has 20 heavy (non-hydrogen) atoms. The summed E-state index contributed by atoms with van der Waals surface area (Å²) in [7, 11) is 0. The normalized spacial score (nSPS) is 12.7. The van der Waals surface area contributed by atoms with Gasteiger partial charge in [0.25, 0.3) is 0 Å². The molecule has 0 aliphatic carbocycles. The Balaban J connectivity index is 2.71. The van der Waals surface area contributed by atoms with Crippen molar-refractivity contribution < 1.29 is 0 Å². The highest BCUT2D eigenvalue weighted by molar-refractivity contribution is 5.31. The van der Waals surface area contributed by atoms with Crippen LogP contribution in [0.15, 0.2) is 12.4 Å². The fourth-order valence-electron chi connectivity index (χ4n) is 1.98. The number of unbranched alkanes of at least 4 members (excludes halogenated alkanes) is 1. The zero-order valence-electron chi connectivity index (χ0n) is 13.7. The number of nitrogens with one attached hydrogen (secondary N) is 1. The van der Waals surface area contributed by atoms with Gasteiger partial charge in [-0.15, -0.1) is 0 Å². The lowest BCUT2D eigenvalue weighted by Gasteiger charge is -2.28. The van der Waals surface area contributed by atoms with E-state index in [1.54, 1.807) is 0 Å². The van der Waals surface area contributed by atoms with Gasteiger partial charge >= 0.3 is 0 Å². The van der Waals surface area contributed by atoms with E-state index in [9.17, 15) is 0 Å². The molecule has 4 nitrogen and oxygen atoms in total. The molecule has 0 bridgehead atoms. The first-order valence-corrected chi connectivity index (χ1v) is 7.89. The van der Waals surface area contributed by atoms with E-state index in [1.807, 2.05) is 12.4 Å². The van der Waals surface area contributed by atoms with Crippen molar-refractivity contribution >= 4 is 5.95 Å². The summed E-state index contributed by atoms with van der Waals surface area (Å²) < 4.78 is 0. The second-order valence-corrected chi connectivity index (χ2v) is 5.73. The molecule has 1 N–H and O–H groups in total. The first-order chi connectivity index (χ1) is 9.58. The number of hydrogen-bond acceptors (Lipinski definition) is 4. The molecule has 1 rings (SSSR count). The Labute approximate surface area is 124 Å². The van der Waals surface area contributed by atoms with Crippen LogP contribution in [0.25, 0.3) is 0 Å². The highest BCUT2D eigenvalue weighted by Gasteiger charge is 2.14. The van der Waals surface area contributed by atoms with Gasteiger partial charge in [-0.3, -0.25) is 0 Å². The van der Waals surface area contributed by atoms with Crippen LogP contribution in [0, 0.1) is 0 Å². The highest BCUT2D eigenvalue weighted by atomic mass is 15.3. The Morgan fingerprint density at radius 3 is 2.30 bits per heavy atom. The lowest BCUT2D eigenvalue weighted by Crippen LogP contribution is -2.35. The van der Waals surface area contributed by atoms with E-state index in [2.05, 4.69) is 54.8 Å². The maximum absolute atomic E-state index is 4.55. The van der Waals surface area contributed by atoms with E-state index in [0.717, 1.165) is 31.0 Å². The lowest BCUT2D eigenvalue weighted by atomic mass is 10.2. The summed E-state index contributed by atoms with van der Waals surface area (Å²) >= 11 is 0. The topological polar surface area (TPSA) is 41.1 Å². The Morgan fingerprint density at radius 2 is 1.80 bits per heavy atom. The van der Waals surface area contributed by atoms with E-state index >= 15 is 0 Å². The van der Waals surface area contributed by atoms with Gasteiger partial charge in [0.05, 0.1) is 0 Å². The van der Waals surface area contributed by atoms with Crippen LogP contribution in [0.1, 0.15) is 59.4 Å². The second kappa shape index (κ2) is 8.90. The van der Waals surface area contributed by atoms with Crippen molar-refractivity contribution in [2.75, 3.05) is 11.4 Å². The van der Waals surface area contributed by atoms with Crippen LogP contribution >= 0.6 is 0 Å². The molecule has 114 valence electrons. The molecule has 1 aromatic heterocycles. The zero-order chi connectivity index (χ0) is 15.0. The predicted molar refractivity (Wildman–Crippen MR) is 86.0 cm³/mol. The maximum Gasteiger partial charge on any atom is 0.225 e. The Bertz CT molecular complexity index is 361. The Hall–Kier alpha value is -1.16. The van der Waals surface area contributed by atoms with Gasteiger partial charge in [0.15, 0.2) is 0 Å². The van der Waals surface area contributed by atoms with Crippen molar-refractivity contribution in [1.29, 1.82) is 0 Å². The van der Waals surface area contributed by atoms with Gasteiger partial charge in [-0.1, -0.05) is 34.1 Å². The monoisotopic (exact) mass is 278 g/mol. The summed E-state index contributed by atoms with van der Waals surface area (Å²) in [4.78, 5) is 11.4. The minimum absolute atomic E-state index is 0.482. The fraction of sp³-hybridized carbons (Fsp3) is 0.750. The third-order valence-electron chi connectivity index (χ3n) is 3.54.